The molecule has 2 heterocycles. The van der Waals surface area contributed by atoms with Gasteiger partial charge < -0.3 is 10.2 Å². The van der Waals surface area contributed by atoms with E-state index in [1.54, 1.807) is 18.2 Å². The van der Waals surface area contributed by atoms with E-state index in [9.17, 15) is 9.90 Å². The van der Waals surface area contributed by atoms with Crippen molar-refractivity contribution >= 4 is 44.3 Å². The van der Waals surface area contributed by atoms with Crippen LogP contribution < -0.4 is 0 Å². The second kappa shape index (κ2) is 5.50. The van der Waals surface area contributed by atoms with Crippen LogP contribution in [0, 0.1) is 0 Å². The summed E-state index contributed by atoms with van der Waals surface area (Å²) in [5.41, 5.74) is 1.58. The second-order valence-electron chi connectivity index (χ2n) is 4.52. The molecule has 21 heavy (non-hydrogen) atoms. The molecule has 1 aromatic heterocycles. The number of aromatic nitrogens is 1. The summed E-state index contributed by atoms with van der Waals surface area (Å²) in [4.78, 5) is 19.7. The van der Waals surface area contributed by atoms with Gasteiger partial charge in [0.2, 0.25) is 0 Å². The number of benzene rings is 1. The average Bonchev–Trinajstić information content (AvgIpc) is 3.07. The Kier molecular flexibility index (Phi) is 3.69. The second-order valence-corrected chi connectivity index (χ2v) is 6.53. The molecule has 0 spiro atoms. The third kappa shape index (κ3) is 2.54. The summed E-state index contributed by atoms with van der Waals surface area (Å²) >= 11 is 2.83. The minimum absolute atomic E-state index is 0.224. The van der Waals surface area contributed by atoms with Crippen LogP contribution in [0.1, 0.15) is 10.6 Å². The number of carboxylic acids is 1. The predicted molar refractivity (Wildman–Crippen MR) is 85.6 cm³/mol. The molecule has 7 heteroatoms. The summed E-state index contributed by atoms with van der Waals surface area (Å²) in [5, 5.41) is 20.3. The van der Waals surface area contributed by atoms with Gasteiger partial charge in [0.05, 0.1) is 10.2 Å². The Hall–Kier alpha value is -1.86. The van der Waals surface area contributed by atoms with Gasteiger partial charge in [-0.05, 0) is 18.6 Å². The number of thioether (sulfide) groups is 1. The lowest BCUT2D eigenvalue weighted by atomic mass is 10.1. The summed E-state index contributed by atoms with van der Waals surface area (Å²) in [7, 11) is 0. The van der Waals surface area contributed by atoms with Crippen molar-refractivity contribution < 1.29 is 15.0 Å². The lowest BCUT2D eigenvalue weighted by Crippen LogP contribution is -2.17. The molecule has 2 N–H and O–H groups in total. The van der Waals surface area contributed by atoms with Crippen molar-refractivity contribution in [3.05, 3.63) is 35.4 Å². The summed E-state index contributed by atoms with van der Waals surface area (Å²) in [6.45, 7) is 3.70. The van der Waals surface area contributed by atoms with E-state index in [1.807, 2.05) is 0 Å². The van der Waals surface area contributed by atoms with Gasteiger partial charge in [-0.25, -0.2) is 9.78 Å². The molecule has 2 aromatic rings. The van der Waals surface area contributed by atoms with Crippen molar-refractivity contribution in [3.63, 3.8) is 0 Å². The van der Waals surface area contributed by atoms with E-state index >= 15 is 0 Å². The van der Waals surface area contributed by atoms with E-state index in [2.05, 4.69) is 16.6 Å². The molecule has 3 rings (SSSR count). The molecule has 0 aliphatic carbocycles. The molecule has 0 fully saturated rings. The minimum atomic E-state index is -0.913. The largest absolute Gasteiger partial charge is 0.508 e. The van der Waals surface area contributed by atoms with E-state index in [1.165, 1.54) is 23.1 Å². The van der Waals surface area contributed by atoms with Crippen LogP contribution in [0.3, 0.4) is 0 Å². The highest BCUT2D eigenvalue weighted by Crippen LogP contribution is 2.35. The van der Waals surface area contributed by atoms with Crippen LogP contribution in [0.5, 0.6) is 5.75 Å². The van der Waals surface area contributed by atoms with Gasteiger partial charge in [-0.2, -0.15) is 0 Å². The zero-order chi connectivity index (χ0) is 15.0. The molecule has 0 bridgehead atoms. The van der Waals surface area contributed by atoms with E-state index < -0.39 is 12.0 Å². The first-order valence-electron chi connectivity index (χ1n) is 6.26. The molecule has 0 saturated carbocycles. The van der Waals surface area contributed by atoms with Crippen molar-refractivity contribution in [1.82, 2.24) is 4.98 Å². The fraction of sp³-hybridized carbons (Fsp3) is 0.214. The number of phenolic OH excluding ortho intramolecular Hbond substituents is 1. The summed E-state index contributed by atoms with van der Waals surface area (Å²) < 4.78 is 0.895. The van der Waals surface area contributed by atoms with Gasteiger partial charge in [0.1, 0.15) is 15.8 Å². The molecular weight excluding hydrogens is 308 g/mol. The predicted octanol–water partition coefficient (Wildman–Crippen LogP) is 2.68. The molecule has 1 aromatic carbocycles. The Bertz CT molecular complexity index is 767. The topological polar surface area (TPSA) is 82.8 Å². The van der Waals surface area contributed by atoms with Gasteiger partial charge in [0, 0.05) is 11.3 Å². The number of fused-ring (bicyclic) bond motifs is 1. The number of hydrogen-bond acceptors (Lipinski definition) is 6. The third-order valence-electron chi connectivity index (χ3n) is 3.10. The number of rotatable bonds is 4. The molecule has 1 aliphatic rings. The highest BCUT2D eigenvalue weighted by molar-refractivity contribution is 8.15. The molecule has 0 unspecified atom stereocenters. The molecule has 1 aliphatic heterocycles. The van der Waals surface area contributed by atoms with E-state index in [4.69, 9.17) is 5.11 Å². The Morgan fingerprint density at radius 1 is 1.52 bits per heavy atom. The smallest absolute Gasteiger partial charge is 0.329 e. The first-order valence-corrected chi connectivity index (χ1v) is 8.06. The molecule has 0 radical (unpaired) electrons. The minimum Gasteiger partial charge on any atom is -0.508 e. The van der Waals surface area contributed by atoms with Crippen molar-refractivity contribution in [1.29, 1.82) is 0 Å². The Balaban J connectivity index is 2.06. The van der Waals surface area contributed by atoms with Gasteiger partial charge >= 0.3 is 5.97 Å². The SMILES string of the molecule is C=CCc1c(O)ccc2nc(C3=N[C@@H](C(=O)O)CS3)sc12. The van der Waals surface area contributed by atoms with Crippen molar-refractivity contribution in [2.24, 2.45) is 4.99 Å². The summed E-state index contributed by atoms with van der Waals surface area (Å²) in [6, 6.07) is 2.68. The van der Waals surface area contributed by atoms with Crippen LogP contribution in [-0.2, 0) is 11.2 Å². The van der Waals surface area contributed by atoms with Crippen LogP contribution in [-0.4, -0.2) is 38.0 Å². The standard InChI is InChI=1S/C14H12N2O3S2/c1-2-3-7-10(17)5-4-8-11(7)21-13(15-8)12-16-9(6-20-12)14(18)19/h2,4-5,9,17H,1,3,6H2,(H,18,19)/t9-/m1/s1. The number of phenols is 1. The number of carbonyl (C=O) groups is 1. The van der Waals surface area contributed by atoms with Crippen LogP contribution in [0.25, 0.3) is 10.2 Å². The number of thiazole rings is 1. The fourth-order valence-electron chi connectivity index (χ4n) is 2.09. The average molecular weight is 320 g/mol. The maximum atomic E-state index is 11.0. The van der Waals surface area contributed by atoms with E-state index in [0.717, 1.165) is 15.8 Å². The molecule has 108 valence electrons. The lowest BCUT2D eigenvalue weighted by molar-refractivity contribution is -0.137. The van der Waals surface area contributed by atoms with Crippen molar-refractivity contribution in [2.75, 3.05) is 5.75 Å². The van der Waals surface area contributed by atoms with Gasteiger partial charge in [-0.3, -0.25) is 4.99 Å². The van der Waals surface area contributed by atoms with E-state index in [0.29, 0.717) is 22.2 Å². The third-order valence-corrected chi connectivity index (χ3v) is 5.42. The summed E-state index contributed by atoms with van der Waals surface area (Å²) in [6.07, 6.45) is 2.29. The van der Waals surface area contributed by atoms with Crippen molar-refractivity contribution in [3.8, 4) is 5.75 Å². The Morgan fingerprint density at radius 3 is 3.00 bits per heavy atom. The molecule has 5 nitrogen and oxygen atoms in total. The number of allylic oxidation sites excluding steroid dienone is 1. The number of hydrogen-bond donors (Lipinski definition) is 2. The van der Waals surface area contributed by atoms with E-state index in [-0.39, 0.29) is 5.75 Å². The molecule has 0 amide bonds. The zero-order valence-electron chi connectivity index (χ0n) is 10.9. The molecule has 0 saturated heterocycles. The van der Waals surface area contributed by atoms with Crippen LogP contribution in [0.15, 0.2) is 29.8 Å². The number of aliphatic imine (C=N–C) groups is 1. The normalized spacial score (nSPS) is 17.9. The maximum Gasteiger partial charge on any atom is 0.329 e. The highest BCUT2D eigenvalue weighted by Gasteiger charge is 2.27. The number of aromatic hydroxyl groups is 1. The van der Waals surface area contributed by atoms with Gasteiger partial charge in [0.25, 0.3) is 0 Å². The maximum absolute atomic E-state index is 11.0. The van der Waals surface area contributed by atoms with Crippen molar-refractivity contribution in [2.45, 2.75) is 12.5 Å². The van der Waals surface area contributed by atoms with Gasteiger partial charge in [-0.1, -0.05) is 6.08 Å². The van der Waals surface area contributed by atoms with Gasteiger partial charge in [-0.15, -0.1) is 29.7 Å². The monoisotopic (exact) mass is 320 g/mol. The fourth-order valence-corrected chi connectivity index (χ4v) is 4.30. The van der Waals surface area contributed by atoms with Crippen LogP contribution >= 0.6 is 23.1 Å². The zero-order valence-corrected chi connectivity index (χ0v) is 12.6. The molecule has 1 atom stereocenters. The number of carboxylic acid groups (broad SMARTS) is 1. The first-order chi connectivity index (χ1) is 10.1. The molecular formula is C14H12N2O3S2. The first kappa shape index (κ1) is 14.1. The van der Waals surface area contributed by atoms with Crippen LogP contribution in [0.2, 0.25) is 0 Å². The Labute approximate surface area is 129 Å². The quantitative estimate of drug-likeness (QED) is 0.846. The lowest BCUT2D eigenvalue weighted by Gasteiger charge is -2.01. The Morgan fingerprint density at radius 2 is 2.33 bits per heavy atom. The highest BCUT2D eigenvalue weighted by atomic mass is 32.2. The number of nitrogens with zero attached hydrogens (tertiary/aromatic N) is 2. The van der Waals surface area contributed by atoms with Crippen LogP contribution in [0.4, 0.5) is 0 Å². The van der Waals surface area contributed by atoms with Gasteiger partial charge in [0.15, 0.2) is 6.04 Å². The summed E-state index contributed by atoms with van der Waals surface area (Å²) in [5.74, 6) is -0.253. The number of aliphatic carboxylic acids is 1.